The van der Waals surface area contributed by atoms with Crippen LogP contribution in [-0.4, -0.2) is 37.2 Å². The average Bonchev–Trinajstić information content (AvgIpc) is 3.24. The molecule has 0 aromatic carbocycles. The minimum Gasteiger partial charge on any atom is -0.462 e. The van der Waals surface area contributed by atoms with E-state index in [0.29, 0.717) is 19.3 Å². The van der Waals surface area contributed by atoms with Crippen molar-refractivity contribution in [3.05, 3.63) is 85.1 Å². The van der Waals surface area contributed by atoms with Gasteiger partial charge in [0.25, 0.3) is 0 Å². The summed E-state index contributed by atoms with van der Waals surface area (Å²) in [5.41, 5.74) is 0. The van der Waals surface area contributed by atoms with Crippen molar-refractivity contribution in [2.45, 2.75) is 226 Å². The van der Waals surface area contributed by atoms with Gasteiger partial charge in [-0.05, 0) is 103 Å². The molecule has 0 saturated heterocycles. The second kappa shape index (κ2) is 48.3. The Hall–Kier alpha value is -3.41. The van der Waals surface area contributed by atoms with Crippen molar-refractivity contribution in [3.63, 3.8) is 0 Å². The highest BCUT2D eigenvalue weighted by Crippen LogP contribution is 2.13. The maximum atomic E-state index is 12.8. The smallest absolute Gasteiger partial charge is 0.306 e. The minimum atomic E-state index is -0.802. The third-order valence-electron chi connectivity index (χ3n) is 10.2. The number of unbranched alkanes of at least 4 members (excludes halogenated alkanes) is 20. The molecule has 0 aromatic heterocycles. The van der Waals surface area contributed by atoms with Crippen molar-refractivity contribution in [1.82, 2.24) is 0 Å². The summed E-state index contributed by atoms with van der Waals surface area (Å²) < 4.78 is 16.7. The van der Waals surface area contributed by atoms with E-state index < -0.39 is 6.10 Å². The summed E-state index contributed by atoms with van der Waals surface area (Å²) in [7, 11) is 0. The van der Waals surface area contributed by atoms with Crippen LogP contribution < -0.4 is 0 Å². The molecule has 0 amide bonds. The molecule has 1 atom stereocenters. The Balaban J connectivity index is 4.48. The molecule has 342 valence electrons. The van der Waals surface area contributed by atoms with Gasteiger partial charge in [0.15, 0.2) is 6.10 Å². The van der Waals surface area contributed by atoms with E-state index in [1.165, 1.54) is 83.5 Å². The van der Waals surface area contributed by atoms with E-state index in [9.17, 15) is 14.4 Å². The molecule has 0 bridgehead atoms. The first-order valence-electron chi connectivity index (χ1n) is 24.6. The fourth-order valence-electron chi connectivity index (χ4n) is 6.44. The Morgan fingerprint density at radius 1 is 0.367 bits per heavy atom. The number of rotatable bonds is 43. The largest absolute Gasteiger partial charge is 0.462 e. The van der Waals surface area contributed by atoms with Crippen LogP contribution in [0.25, 0.3) is 0 Å². The molecule has 0 aliphatic heterocycles. The lowest BCUT2D eigenvalue weighted by Crippen LogP contribution is -2.30. The summed E-state index contributed by atoms with van der Waals surface area (Å²) in [6.07, 6.45) is 61.3. The highest BCUT2D eigenvalue weighted by atomic mass is 16.6. The van der Waals surface area contributed by atoms with Crippen LogP contribution in [0, 0.1) is 0 Å². The normalized spacial score (nSPS) is 12.8. The van der Waals surface area contributed by atoms with Gasteiger partial charge in [0, 0.05) is 19.3 Å². The molecule has 0 radical (unpaired) electrons. The van der Waals surface area contributed by atoms with E-state index in [1.807, 2.05) is 0 Å². The topological polar surface area (TPSA) is 78.9 Å². The summed E-state index contributed by atoms with van der Waals surface area (Å²) in [6.45, 7) is 6.39. The van der Waals surface area contributed by atoms with E-state index in [-0.39, 0.29) is 31.1 Å². The number of hydrogen-bond acceptors (Lipinski definition) is 6. The van der Waals surface area contributed by atoms with Crippen molar-refractivity contribution < 1.29 is 28.6 Å². The van der Waals surface area contributed by atoms with Crippen LogP contribution in [0.15, 0.2) is 85.1 Å². The molecule has 0 aliphatic rings. The SMILES string of the molecule is CC/C=C\C/C=C\C/C=C\CCCCC(=O)OCC(COC(=O)CCCCCCCC/C=C\C=C/CCCCC)OC(=O)CCCCCCCC/C=C\C=C/CCCCC. The Morgan fingerprint density at radius 3 is 1.15 bits per heavy atom. The highest BCUT2D eigenvalue weighted by Gasteiger charge is 2.19. The average molecular weight is 835 g/mol. The van der Waals surface area contributed by atoms with Crippen LogP contribution in [0.2, 0.25) is 0 Å². The highest BCUT2D eigenvalue weighted by molar-refractivity contribution is 5.71. The van der Waals surface area contributed by atoms with E-state index in [1.54, 1.807) is 0 Å². The monoisotopic (exact) mass is 835 g/mol. The van der Waals surface area contributed by atoms with Gasteiger partial charge in [0.2, 0.25) is 0 Å². The molecule has 60 heavy (non-hydrogen) atoms. The Kier molecular flexibility index (Phi) is 45.5. The first-order valence-corrected chi connectivity index (χ1v) is 24.6. The third kappa shape index (κ3) is 45.7. The van der Waals surface area contributed by atoms with Gasteiger partial charge in [0.05, 0.1) is 0 Å². The zero-order valence-electron chi connectivity index (χ0n) is 38.9. The quantitative estimate of drug-likeness (QED) is 0.0200. The van der Waals surface area contributed by atoms with Gasteiger partial charge >= 0.3 is 17.9 Å². The maximum absolute atomic E-state index is 12.8. The van der Waals surface area contributed by atoms with Crippen LogP contribution in [0.1, 0.15) is 220 Å². The Bertz CT molecular complexity index is 1190. The first kappa shape index (κ1) is 56.6. The van der Waals surface area contributed by atoms with E-state index in [2.05, 4.69) is 106 Å². The minimum absolute atomic E-state index is 0.101. The van der Waals surface area contributed by atoms with Gasteiger partial charge in [-0.1, -0.05) is 183 Å². The van der Waals surface area contributed by atoms with Gasteiger partial charge in [-0.2, -0.15) is 0 Å². The van der Waals surface area contributed by atoms with Gasteiger partial charge in [-0.3, -0.25) is 14.4 Å². The molecule has 0 rings (SSSR count). The van der Waals surface area contributed by atoms with Gasteiger partial charge in [-0.25, -0.2) is 0 Å². The van der Waals surface area contributed by atoms with Crippen molar-refractivity contribution in [2.75, 3.05) is 13.2 Å². The summed E-state index contributed by atoms with van der Waals surface area (Å²) >= 11 is 0. The molecule has 6 nitrogen and oxygen atoms in total. The number of allylic oxidation sites excluding steroid dienone is 14. The Labute approximate surface area is 369 Å². The Morgan fingerprint density at radius 2 is 0.700 bits per heavy atom. The molecule has 0 heterocycles. The van der Waals surface area contributed by atoms with E-state index >= 15 is 0 Å². The molecule has 1 unspecified atom stereocenters. The van der Waals surface area contributed by atoms with Crippen molar-refractivity contribution in [1.29, 1.82) is 0 Å². The molecule has 0 aliphatic carbocycles. The first-order chi connectivity index (χ1) is 29.5. The molecule has 0 spiro atoms. The van der Waals surface area contributed by atoms with Crippen LogP contribution in [-0.2, 0) is 28.6 Å². The fourth-order valence-corrected chi connectivity index (χ4v) is 6.44. The number of carbonyl (C=O) groups excluding carboxylic acids is 3. The molecule has 6 heteroatoms. The lowest BCUT2D eigenvalue weighted by Gasteiger charge is -2.18. The van der Waals surface area contributed by atoms with Crippen molar-refractivity contribution in [2.24, 2.45) is 0 Å². The standard InChI is InChI=1S/C54H90O6/c1-4-7-10-13-16-19-22-25-27-29-32-35-38-41-44-47-53(56)59-50-51(49-58-52(55)46-43-40-37-34-31-24-21-18-15-12-9-6-3)60-54(57)48-45-42-39-36-33-30-28-26-23-20-17-14-11-8-5-2/h9,12,16-23,25-26,31,34,51H,4-8,10-11,13-15,24,27-30,32-33,35-50H2,1-3H3/b12-9-,19-16-,20-17-,21-18-,25-22-,26-23-,34-31-. The molecule has 0 fully saturated rings. The van der Waals surface area contributed by atoms with Crippen molar-refractivity contribution in [3.8, 4) is 0 Å². The van der Waals surface area contributed by atoms with Gasteiger partial charge in [0.1, 0.15) is 13.2 Å². The van der Waals surface area contributed by atoms with Crippen LogP contribution >= 0.6 is 0 Å². The van der Waals surface area contributed by atoms with E-state index in [0.717, 1.165) is 96.3 Å². The molecule has 0 saturated carbocycles. The van der Waals surface area contributed by atoms with Crippen LogP contribution in [0.5, 0.6) is 0 Å². The predicted molar refractivity (Wildman–Crippen MR) is 256 cm³/mol. The lowest BCUT2D eigenvalue weighted by molar-refractivity contribution is -0.167. The van der Waals surface area contributed by atoms with Crippen molar-refractivity contribution >= 4 is 17.9 Å². The summed E-state index contributed by atoms with van der Waals surface area (Å²) in [5, 5.41) is 0. The summed E-state index contributed by atoms with van der Waals surface area (Å²) in [6, 6.07) is 0. The van der Waals surface area contributed by atoms with Crippen LogP contribution in [0.3, 0.4) is 0 Å². The molecular formula is C54H90O6. The summed E-state index contributed by atoms with van der Waals surface area (Å²) in [4.78, 5) is 37.9. The number of hydrogen-bond donors (Lipinski definition) is 0. The number of esters is 3. The summed E-state index contributed by atoms with van der Waals surface area (Å²) in [5.74, 6) is -0.968. The lowest BCUT2D eigenvalue weighted by atomic mass is 10.1. The molecule has 0 aromatic rings. The zero-order chi connectivity index (χ0) is 43.7. The number of carbonyl (C=O) groups is 3. The second-order valence-electron chi connectivity index (χ2n) is 16.0. The maximum Gasteiger partial charge on any atom is 0.306 e. The number of ether oxygens (including phenoxy) is 3. The fraction of sp³-hybridized carbons (Fsp3) is 0.685. The predicted octanol–water partition coefficient (Wildman–Crippen LogP) is 16.0. The van der Waals surface area contributed by atoms with Crippen LogP contribution in [0.4, 0.5) is 0 Å². The van der Waals surface area contributed by atoms with E-state index in [4.69, 9.17) is 14.2 Å². The third-order valence-corrected chi connectivity index (χ3v) is 10.2. The molecular weight excluding hydrogens is 745 g/mol. The van der Waals surface area contributed by atoms with Gasteiger partial charge in [-0.15, -0.1) is 0 Å². The van der Waals surface area contributed by atoms with Gasteiger partial charge < -0.3 is 14.2 Å². The second-order valence-corrected chi connectivity index (χ2v) is 16.0. The molecule has 0 N–H and O–H groups in total. The zero-order valence-corrected chi connectivity index (χ0v) is 38.9.